The molecule has 2 aliphatic carbocycles. The fourth-order valence-corrected chi connectivity index (χ4v) is 3.68. The molecule has 2 aliphatic rings. The van der Waals surface area contributed by atoms with E-state index in [1.165, 1.54) is 51.4 Å². The Morgan fingerprint density at radius 2 is 1.15 bits per heavy atom. The fourth-order valence-electron chi connectivity index (χ4n) is 3.68. The van der Waals surface area contributed by atoms with Gasteiger partial charge in [-0.25, -0.2) is 0 Å². The summed E-state index contributed by atoms with van der Waals surface area (Å²) in [6.07, 6.45) is 12.1. The maximum Gasteiger partial charge on any atom is -0.0298 e. The minimum absolute atomic E-state index is 0.665. The third-order valence-corrected chi connectivity index (χ3v) is 4.81. The van der Waals surface area contributed by atoms with Crippen molar-refractivity contribution in [1.29, 1.82) is 0 Å². The average Bonchev–Trinajstić information content (AvgIpc) is 2.11. The van der Waals surface area contributed by atoms with Crippen LogP contribution < -0.4 is 0 Å². The van der Waals surface area contributed by atoms with Gasteiger partial charge in [0.1, 0.15) is 0 Å². The third kappa shape index (κ3) is 1.78. The molecule has 0 heterocycles. The highest BCUT2D eigenvalue weighted by Gasteiger charge is 2.39. The van der Waals surface area contributed by atoms with E-state index in [1.807, 2.05) is 0 Å². The van der Waals surface area contributed by atoms with Gasteiger partial charge in [0.2, 0.25) is 0 Å². The van der Waals surface area contributed by atoms with Gasteiger partial charge in [-0.2, -0.15) is 0 Å². The average molecular weight is 180 g/mol. The molecule has 2 rings (SSSR count). The minimum atomic E-state index is 0.665. The van der Waals surface area contributed by atoms with Crippen molar-refractivity contribution < 1.29 is 0 Å². The van der Waals surface area contributed by atoms with Gasteiger partial charge in [-0.15, -0.1) is 0 Å². The molecule has 0 spiro atoms. The van der Waals surface area contributed by atoms with Crippen LogP contribution in [0, 0.1) is 17.3 Å². The number of hydrogen-bond donors (Lipinski definition) is 0. The predicted octanol–water partition coefficient (Wildman–Crippen LogP) is 4.39. The first kappa shape index (κ1) is 9.55. The molecule has 0 unspecified atom stereocenters. The van der Waals surface area contributed by atoms with Crippen molar-refractivity contribution in [2.45, 2.75) is 65.2 Å². The monoisotopic (exact) mass is 180 g/mol. The van der Waals surface area contributed by atoms with E-state index in [-0.39, 0.29) is 0 Å². The standard InChI is InChI=1S/C13H24/c1-13(2)11-7-4-3-5-8-12(13)10-6-9-11/h11-12H,3-10H2,1-2H3/t11-,12-/m0/s1. The first-order chi connectivity index (χ1) is 6.21. The van der Waals surface area contributed by atoms with Gasteiger partial charge >= 0.3 is 0 Å². The van der Waals surface area contributed by atoms with E-state index in [0.717, 1.165) is 11.8 Å². The summed E-state index contributed by atoms with van der Waals surface area (Å²) in [6, 6.07) is 0. The maximum absolute atomic E-state index is 2.53. The van der Waals surface area contributed by atoms with Crippen LogP contribution in [-0.2, 0) is 0 Å². The van der Waals surface area contributed by atoms with E-state index >= 15 is 0 Å². The molecule has 0 aromatic heterocycles. The molecule has 0 amide bonds. The molecule has 0 aliphatic heterocycles. The van der Waals surface area contributed by atoms with E-state index in [4.69, 9.17) is 0 Å². The van der Waals surface area contributed by atoms with Crippen LogP contribution in [0.5, 0.6) is 0 Å². The summed E-state index contributed by atoms with van der Waals surface area (Å²) in [5.41, 5.74) is 0.665. The Hall–Kier alpha value is 0. The van der Waals surface area contributed by atoms with Crippen LogP contribution in [0.1, 0.15) is 65.2 Å². The molecule has 13 heavy (non-hydrogen) atoms. The molecule has 0 saturated heterocycles. The molecule has 0 aromatic rings. The summed E-state index contributed by atoms with van der Waals surface area (Å²) in [4.78, 5) is 0. The van der Waals surface area contributed by atoms with Gasteiger partial charge in [-0.3, -0.25) is 0 Å². The lowest BCUT2D eigenvalue weighted by Crippen LogP contribution is -2.37. The van der Waals surface area contributed by atoms with Gasteiger partial charge in [-0.1, -0.05) is 39.5 Å². The lowest BCUT2D eigenvalue weighted by molar-refractivity contribution is 0.0360. The van der Waals surface area contributed by atoms with Crippen LogP contribution in [0.25, 0.3) is 0 Å². The van der Waals surface area contributed by atoms with Crippen LogP contribution in [0.4, 0.5) is 0 Å². The Morgan fingerprint density at radius 3 is 1.69 bits per heavy atom. The van der Waals surface area contributed by atoms with Gasteiger partial charge in [0.25, 0.3) is 0 Å². The van der Waals surface area contributed by atoms with Crippen molar-refractivity contribution in [3.8, 4) is 0 Å². The Labute approximate surface area is 83.1 Å². The first-order valence-electron chi connectivity index (χ1n) is 6.21. The molecule has 0 heteroatoms. The predicted molar refractivity (Wildman–Crippen MR) is 57.7 cm³/mol. The summed E-state index contributed by atoms with van der Waals surface area (Å²) in [6.45, 7) is 5.07. The molecule has 76 valence electrons. The Morgan fingerprint density at radius 1 is 0.692 bits per heavy atom. The summed E-state index contributed by atoms with van der Waals surface area (Å²) in [7, 11) is 0. The summed E-state index contributed by atoms with van der Waals surface area (Å²) >= 11 is 0. The van der Waals surface area contributed by atoms with Crippen LogP contribution in [0.15, 0.2) is 0 Å². The largest absolute Gasteiger partial charge is 0.0594 e. The fraction of sp³-hybridized carbons (Fsp3) is 1.00. The van der Waals surface area contributed by atoms with Gasteiger partial charge < -0.3 is 0 Å². The van der Waals surface area contributed by atoms with Gasteiger partial charge in [-0.05, 0) is 42.9 Å². The molecule has 2 bridgehead atoms. The highest BCUT2D eigenvalue weighted by molar-refractivity contribution is 4.90. The number of hydrogen-bond acceptors (Lipinski definition) is 0. The van der Waals surface area contributed by atoms with Crippen molar-refractivity contribution in [2.24, 2.45) is 17.3 Å². The lowest BCUT2D eigenvalue weighted by Gasteiger charge is -2.47. The van der Waals surface area contributed by atoms with Gasteiger partial charge in [0.05, 0.1) is 0 Å². The summed E-state index contributed by atoms with van der Waals surface area (Å²) in [5.74, 6) is 2.10. The van der Waals surface area contributed by atoms with Crippen LogP contribution in [-0.4, -0.2) is 0 Å². The molecular weight excluding hydrogens is 156 g/mol. The van der Waals surface area contributed by atoms with Crippen molar-refractivity contribution >= 4 is 0 Å². The summed E-state index contributed by atoms with van der Waals surface area (Å²) in [5, 5.41) is 0. The zero-order valence-electron chi connectivity index (χ0n) is 9.31. The van der Waals surface area contributed by atoms with E-state index in [2.05, 4.69) is 13.8 Å². The van der Waals surface area contributed by atoms with Crippen molar-refractivity contribution in [1.82, 2.24) is 0 Å². The molecule has 2 atom stereocenters. The number of fused-ring (bicyclic) bond motifs is 2. The van der Waals surface area contributed by atoms with Crippen molar-refractivity contribution in [3.63, 3.8) is 0 Å². The molecule has 0 radical (unpaired) electrons. The lowest BCUT2D eigenvalue weighted by atomic mass is 9.59. The molecule has 0 N–H and O–H groups in total. The van der Waals surface area contributed by atoms with E-state index in [1.54, 1.807) is 0 Å². The highest BCUT2D eigenvalue weighted by atomic mass is 14.4. The normalized spacial score (nSPS) is 39.2. The van der Waals surface area contributed by atoms with Crippen LogP contribution in [0.3, 0.4) is 0 Å². The molecule has 2 fully saturated rings. The van der Waals surface area contributed by atoms with Crippen LogP contribution >= 0.6 is 0 Å². The van der Waals surface area contributed by atoms with Crippen LogP contribution in [0.2, 0.25) is 0 Å². The zero-order chi connectivity index (χ0) is 9.31. The van der Waals surface area contributed by atoms with E-state index < -0.39 is 0 Å². The van der Waals surface area contributed by atoms with Crippen molar-refractivity contribution in [3.05, 3.63) is 0 Å². The SMILES string of the molecule is CC1(C)[C@H]2CCCCC[C@H]1CCC2. The second-order valence-electron chi connectivity index (χ2n) is 5.78. The second kappa shape index (κ2) is 3.63. The van der Waals surface area contributed by atoms with E-state index in [0.29, 0.717) is 5.41 Å². The topological polar surface area (TPSA) is 0 Å². The quantitative estimate of drug-likeness (QED) is 0.518. The molecular formula is C13H24. The van der Waals surface area contributed by atoms with E-state index in [9.17, 15) is 0 Å². The third-order valence-electron chi connectivity index (χ3n) is 4.81. The second-order valence-corrected chi connectivity index (χ2v) is 5.78. The first-order valence-corrected chi connectivity index (χ1v) is 6.21. The van der Waals surface area contributed by atoms with Gasteiger partial charge in [0.15, 0.2) is 0 Å². The molecule has 0 aromatic carbocycles. The molecule has 0 nitrogen and oxygen atoms in total. The minimum Gasteiger partial charge on any atom is -0.0594 e. The Kier molecular flexibility index (Phi) is 2.67. The molecule has 2 saturated carbocycles. The zero-order valence-corrected chi connectivity index (χ0v) is 9.31. The maximum atomic E-state index is 2.53. The van der Waals surface area contributed by atoms with Crippen molar-refractivity contribution in [2.75, 3.05) is 0 Å². The Balaban J connectivity index is 2.12. The smallest absolute Gasteiger partial charge is 0.0298 e. The number of rotatable bonds is 0. The highest BCUT2D eigenvalue weighted by Crippen LogP contribution is 2.50. The Bertz CT molecular complexity index is 153. The summed E-state index contributed by atoms with van der Waals surface area (Å²) < 4.78 is 0. The van der Waals surface area contributed by atoms with Gasteiger partial charge in [0, 0.05) is 0 Å².